The van der Waals surface area contributed by atoms with E-state index in [9.17, 15) is 34.1 Å². The van der Waals surface area contributed by atoms with E-state index in [4.69, 9.17) is 28.4 Å². The zero-order chi connectivity index (χ0) is 28.3. The van der Waals surface area contributed by atoms with E-state index in [0.717, 1.165) is 34.6 Å². The number of carbonyl (C=O) groups excluding carboxylic acids is 5. The van der Waals surface area contributed by atoms with Gasteiger partial charge < -0.3 is 28.4 Å². The minimum absolute atomic E-state index is 0.593. The zero-order valence-electron chi connectivity index (χ0n) is 21.6. The summed E-state index contributed by atoms with van der Waals surface area (Å²) in [4.78, 5) is 71.5. The van der Waals surface area contributed by atoms with Gasteiger partial charge in [0.1, 0.15) is 12.5 Å². The van der Waals surface area contributed by atoms with E-state index in [2.05, 4.69) is 0 Å². The summed E-state index contributed by atoms with van der Waals surface area (Å²) in [7, 11) is 0. The highest BCUT2D eigenvalue weighted by molar-refractivity contribution is 5.69. The van der Waals surface area contributed by atoms with Crippen LogP contribution in [0.2, 0.25) is 0 Å². The molecule has 0 unspecified atom stereocenters. The molecular weight excluding hydrogens is 498 g/mol. The van der Waals surface area contributed by atoms with Gasteiger partial charge >= 0.3 is 29.8 Å². The molecule has 0 aromatic rings. The summed E-state index contributed by atoms with van der Waals surface area (Å²) < 4.78 is 32.5. The molecule has 0 aliphatic carbocycles. The van der Waals surface area contributed by atoms with E-state index in [1.54, 1.807) is 6.08 Å². The number of rotatable bonds is 11. The van der Waals surface area contributed by atoms with Crippen molar-refractivity contribution in [1.82, 2.24) is 0 Å². The van der Waals surface area contributed by atoms with Crippen molar-refractivity contribution < 1.29 is 57.3 Å². The molecule has 2 aliphatic rings. The molecular formula is C23H31NO13. The number of hydrogen-bond donors (Lipinski definition) is 0. The highest BCUT2D eigenvalue weighted by Crippen LogP contribution is 2.53. The van der Waals surface area contributed by atoms with Crippen molar-refractivity contribution in [3.05, 3.63) is 22.3 Å². The number of nitro groups is 1. The summed E-state index contributed by atoms with van der Waals surface area (Å²) in [5, 5.41) is 12.2. The average Bonchev–Trinajstić information content (AvgIpc) is 3.17. The lowest BCUT2D eigenvalue weighted by Crippen LogP contribution is -2.60. The first kappa shape index (κ1) is 29.7. The van der Waals surface area contributed by atoms with Gasteiger partial charge in [-0.2, -0.15) is 0 Å². The summed E-state index contributed by atoms with van der Waals surface area (Å²) >= 11 is 0. The Bertz CT molecular complexity index is 993. The summed E-state index contributed by atoms with van der Waals surface area (Å²) in [6.07, 6.45) is -3.53. The van der Waals surface area contributed by atoms with Crippen molar-refractivity contribution in [2.75, 3.05) is 6.61 Å². The van der Waals surface area contributed by atoms with Crippen LogP contribution < -0.4 is 0 Å². The molecule has 1 saturated heterocycles. The molecule has 0 aromatic heterocycles. The number of esters is 5. The third kappa shape index (κ3) is 6.81. The van der Waals surface area contributed by atoms with Crippen LogP contribution in [-0.4, -0.2) is 83.0 Å². The molecule has 0 amide bonds. The number of hydrogen-bond acceptors (Lipinski definition) is 13. The van der Waals surface area contributed by atoms with Gasteiger partial charge in [0.2, 0.25) is 0 Å². The Balaban J connectivity index is 2.72. The predicted molar refractivity (Wildman–Crippen MR) is 120 cm³/mol. The normalized spacial score (nSPS) is 28.8. The van der Waals surface area contributed by atoms with Crippen molar-refractivity contribution in [2.45, 2.75) is 90.1 Å². The van der Waals surface area contributed by atoms with Gasteiger partial charge in [-0.05, 0) is 19.9 Å². The van der Waals surface area contributed by atoms with Crippen LogP contribution in [0.4, 0.5) is 0 Å². The van der Waals surface area contributed by atoms with E-state index in [1.807, 2.05) is 0 Å². The summed E-state index contributed by atoms with van der Waals surface area (Å²) in [5.74, 6) is -5.63. The van der Waals surface area contributed by atoms with Crippen LogP contribution in [0.25, 0.3) is 0 Å². The summed E-state index contributed by atoms with van der Waals surface area (Å²) in [6, 6.07) is -1.48. The maximum atomic E-state index is 12.2. The van der Waals surface area contributed by atoms with Crippen LogP contribution in [0.1, 0.15) is 48.5 Å². The summed E-state index contributed by atoms with van der Waals surface area (Å²) in [5.41, 5.74) is -2.76. The second-order valence-corrected chi connectivity index (χ2v) is 9.23. The predicted octanol–water partition coefficient (Wildman–Crippen LogP) is 0.655. The topological polar surface area (TPSA) is 184 Å². The first-order valence-electron chi connectivity index (χ1n) is 11.4. The molecule has 2 bridgehead atoms. The molecule has 0 radical (unpaired) electrons. The lowest BCUT2D eigenvalue weighted by Gasteiger charge is -2.40. The molecule has 0 aromatic carbocycles. The Labute approximate surface area is 212 Å². The molecule has 0 N–H and O–H groups in total. The van der Waals surface area contributed by atoms with Gasteiger partial charge in [0, 0.05) is 39.5 Å². The van der Waals surface area contributed by atoms with Gasteiger partial charge in [0.15, 0.2) is 30.0 Å². The van der Waals surface area contributed by atoms with Gasteiger partial charge in [-0.25, -0.2) is 0 Å². The fourth-order valence-corrected chi connectivity index (χ4v) is 4.93. The van der Waals surface area contributed by atoms with Crippen LogP contribution >= 0.6 is 0 Å². The zero-order valence-corrected chi connectivity index (χ0v) is 21.6. The molecule has 8 atom stereocenters. The maximum Gasteiger partial charge on any atom is 0.303 e. The van der Waals surface area contributed by atoms with Crippen molar-refractivity contribution in [3.63, 3.8) is 0 Å². The van der Waals surface area contributed by atoms with Crippen LogP contribution in [-0.2, 0) is 52.4 Å². The number of fused-ring (bicyclic) bond motifs is 2. The molecule has 2 rings (SSSR count). The van der Waals surface area contributed by atoms with Crippen LogP contribution in [0.15, 0.2) is 12.2 Å². The lowest BCUT2D eigenvalue weighted by atomic mass is 9.71. The molecule has 2 heterocycles. The molecule has 1 fully saturated rings. The Kier molecular flexibility index (Phi) is 9.01. The smallest absolute Gasteiger partial charge is 0.303 e. The molecule has 37 heavy (non-hydrogen) atoms. The Morgan fingerprint density at radius 3 is 1.76 bits per heavy atom. The number of carbonyl (C=O) groups is 5. The average molecular weight is 529 g/mol. The first-order valence-corrected chi connectivity index (χ1v) is 11.4. The summed E-state index contributed by atoms with van der Waals surface area (Å²) in [6.45, 7) is 7.57. The number of nitrogens with zero attached hydrogens (tertiary/aromatic N) is 1. The molecule has 0 spiro atoms. The maximum absolute atomic E-state index is 12.2. The van der Waals surface area contributed by atoms with E-state index in [-0.39, 0.29) is 0 Å². The molecule has 206 valence electrons. The van der Waals surface area contributed by atoms with E-state index in [0.29, 0.717) is 0 Å². The van der Waals surface area contributed by atoms with Gasteiger partial charge in [-0.1, -0.05) is 6.08 Å². The third-order valence-corrected chi connectivity index (χ3v) is 6.04. The fraction of sp³-hybridized carbons (Fsp3) is 0.696. The lowest BCUT2D eigenvalue weighted by molar-refractivity contribution is -0.543. The SMILES string of the molecule is CC(=O)OC[C@@H](OC(C)=O)[C@H](OC(C)=O)[C@H](OC(C)=O)[C@@H](OC(C)=O)[C@@H]1[C@@H]([N+](=O)[O-])[C@]2(C)C=C[C@@]1(C)O2. The van der Waals surface area contributed by atoms with Gasteiger partial charge in [0.25, 0.3) is 6.04 Å². The second kappa shape index (κ2) is 11.2. The van der Waals surface area contributed by atoms with Crippen LogP contribution in [0.5, 0.6) is 0 Å². The molecule has 14 heteroatoms. The van der Waals surface area contributed by atoms with Crippen molar-refractivity contribution in [3.8, 4) is 0 Å². The minimum atomic E-state index is -1.74. The standard InChI is InChI=1S/C23H31NO13/c1-11(25)32-10-16(33-12(2)26)18(34-13(3)27)20(36-15(5)29)19(35-14(4)28)17-21(24(30)31)23(7)9-8-22(17,6)37-23/h8-9,16-21H,10H2,1-7H3/t16-,17-,18+,19+,20+,21-,22-,23+/m1/s1. The van der Waals surface area contributed by atoms with Crippen molar-refractivity contribution in [1.29, 1.82) is 0 Å². The fourth-order valence-electron chi connectivity index (χ4n) is 4.93. The third-order valence-electron chi connectivity index (χ3n) is 6.04. The monoisotopic (exact) mass is 529 g/mol. The largest absolute Gasteiger partial charge is 0.462 e. The quantitative estimate of drug-likeness (QED) is 0.120. The van der Waals surface area contributed by atoms with E-state index < -0.39 is 89.0 Å². The van der Waals surface area contributed by atoms with E-state index in [1.165, 1.54) is 19.9 Å². The second-order valence-electron chi connectivity index (χ2n) is 9.23. The highest BCUT2D eigenvalue weighted by Gasteiger charge is 2.71. The van der Waals surface area contributed by atoms with Gasteiger partial charge in [0.05, 0.1) is 5.60 Å². The van der Waals surface area contributed by atoms with Gasteiger partial charge in [-0.3, -0.25) is 34.1 Å². The van der Waals surface area contributed by atoms with E-state index >= 15 is 0 Å². The van der Waals surface area contributed by atoms with Crippen LogP contribution in [0, 0.1) is 16.0 Å². The molecule has 2 aliphatic heterocycles. The molecule has 14 nitrogen and oxygen atoms in total. The Morgan fingerprint density at radius 2 is 1.30 bits per heavy atom. The van der Waals surface area contributed by atoms with Crippen molar-refractivity contribution >= 4 is 29.8 Å². The highest BCUT2D eigenvalue weighted by atomic mass is 16.7. The molecule has 0 saturated carbocycles. The first-order chi connectivity index (χ1) is 17.0. The number of ether oxygens (including phenoxy) is 6. The van der Waals surface area contributed by atoms with Crippen LogP contribution in [0.3, 0.4) is 0 Å². The Morgan fingerprint density at radius 1 is 0.811 bits per heavy atom. The Hall–Kier alpha value is -3.55. The van der Waals surface area contributed by atoms with Crippen molar-refractivity contribution in [2.24, 2.45) is 5.92 Å². The van der Waals surface area contributed by atoms with Gasteiger partial charge in [-0.15, -0.1) is 0 Å². The minimum Gasteiger partial charge on any atom is -0.462 e.